The molecule has 0 unspecified atom stereocenters. The lowest BCUT2D eigenvalue weighted by Crippen LogP contribution is -2.04. The SMILES string of the molecule is CCOC(=O)CCCCCCCn1nc(-c2ccccc2)c(-c2ccccc2)c1-c1ccccc1.CCOC(=O)CCCCCCCn1nc(-c2ccccc2)c(-c2ccccc2)c1-c1ccccc1.O. The molecule has 6 aromatic carbocycles. The van der Waals surface area contributed by atoms with Crippen LogP contribution in [0.25, 0.3) is 67.3 Å². The number of hydrogen-bond acceptors (Lipinski definition) is 6. The molecule has 8 rings (SSSR count). The van der Waals surface area contributed by atoms with Crippen LogP contribution >= 0.6 is 0 Å². The number of rotatable bonds is 24. The van der Waals surface area contributed by atoms with Crippen LogP contribution in [0.1, 0.15) is 90.9 Å². The van der Waals surface area contributed by atoms with Crippen molar-refractivity contribution in [3.05, 3.63) is 182 Å². The van der Waals surface area contributed by atoms with E-state index in [0.29, 0.717) is 26.1 Å². The summed E-state index contributed by atoms with van der Waals surface area (Å²) in [6.45, 7) is 6.33. The number of aromatic nitrogens is 4. The third-order valence-corrected chi connectivity index (χ3v) is 12.3. The van der Waals surface area contributed by atoms with Crippen LogP contribution in [0.5, 0.6) is 0 Å². The Kier molecular flexibility index (Phi) is 21.6. The molecule has 0 fully saturated rings. The van der Waals surface area contributed by atoms with Crippen LogP contribution in [0.3, 0.4) is 0 Å². The highest BCUT2D eigenvalue weighted by Gasteiger charge is 2.23. The molecule has 0 saturated heterocycles. The van der Waals surface area contributed by atoms with Crippen molar-refractivity contribution in [2.45, 2.75) is 104 Å². The van der Waals surface area contributed by atoms with Gasteiger partial charge in [-0.05, 0) is 50.7 Å². The van der Waals surface area contributed by atoms with Crippen molar-refractivity contribution in [1.82, 2.24) is 19.6 Å². The Labute approximate surface area is 420 Å². The highest BCUT2D eigenvalue weighted by Crippen LogP contribution is 2.42. The summed E-state index contributed by atoms with van der Waals surface area (Å²) in [7, 11) is 0. The standard InChI is InChI=1S/2C31H34N2O2.H2O/c2*1-2-35-28(34)23-15-4-3-5-16-24-33-31(27-21-13-8-14-22-27)29(25-17-9-6-10-18-25)30(32-33)26-19-11-7-12-20-26;/h2*6-14,17-22H,2-5,15-16,23-24H2,1H3;1H2. The van der Waals surface area contributed by atoms with Gasteiger partial charge in [-0.3, -0.25) is 19.0 Å². The quantitative estimate of drug-likeness (QED) is 0.0439. The zero-order valence-electron chi connectivity index (χ0n) is 41.6. The van der Waals surface area contributed by atoms with Gasteiger partial charge < -0.3 is 14.9 Å². The minimum Gasteiger partial charge on any atom is -0.466 e. The highest BCUT2D eigenvalue weighted by molar-refractivity contribution is 5.93. The number of esters is 2. The van der Waals surface area contributed by atoms with Crippen LogP contribution in [0.2, 0.25) is 0 Å². The largest absolute Gasteiger partial charge is 0.466 e. The van der Waals surface area contributed by atoms with E-state index in [-0.39, 0.29) is 17.4 Å². The fourth-order valence-corrected chi connectivity index (χ4v) is 8.97. The number of carbonyl (C=O) groups is 2. The number of benzene rings is 6. The first-order valence-electron chi connectivity index (χ1n) is 25.4. The fraction of sp³-hybridized carbons (Fsp3) is 0.290. The maximum Gasteiger partial charge on any atom is 0.305 e. The summed E-state index contributed by atoms with van der Waals surface area (Å²) in [5, 5.41) is 10.3. The lowest BCUT2D eigenvalue weighted by molar-refractivity contribution is -0.144. The number of unbranched alkanes of at least 4 members (excludes halogenated alkanes) is 8. The molecule has 368 valence electrons. The van der Waals surface area contributed by atoms with Crippen molar-refractivity contribution < 1.29 is 24.5 Å². The van der Waals surface area contributed by atoms with Gasteiger partial charge in [-0.1, -0.05) is 221 Å². The first kappa shape index (κ1) is 53.0. The molecule has 0 aliphatic carbocycles. The lowest BCUT2D eigenvalue weighted by Gasteiger charge is -2.11. The average molecular weight is 951 g/mol. The summed E-state index contributed by atoms with van der Waals surface area (Å²) in [6, 6.07) is 63.2. The molecule has 8 aromatic rings. The van der Waals surface area contributed by atoms with Crippen molar-refractivity contribution in [3.63, 3.8) is 0 Å². The van der Waals surface area contributed by atoms with Crippen molar-refractivity contribution in [1.29, 1.82) is 0 Å². The molecule has 0 bridgehead atoms. The summed E-state index contributed by atoms with van der Waals surface area (Å²) < 4.78 is 14.4. The molecule has 2 N–H and O–H groups in total. The maximum atomic E-state index is 11.5. The predicted molar refractivity (Wildman–Crippen MR) is 289 cm³/mol. The molecule has 2 heterocycles. The summed E-state index contributed by atoms with van der Waals surface area (Å²) in [5.41, 5.74) is 13.7. The number of ether oxygens (including phenoxy) is 2. The molecule has 0 amide bonds. The normalized spacial score (nSPS) is 10.7. The van der Waals surface area contributed by atoms with E-state index in [1.54, 1.807) is 0 Å². The minimum atomic E-state index is -0.0848. The smallest absolute Gasteiger partial charge is 0.305 e. The fourth-order valence-electron chi connectivity index (χ4n) is 8.97. The number of carbonyl (C=O) groups excluding carboxylic acids is 2. The van der Waals surface area contributed by atoms with Crippen molar-refractivity contribution in [2.75, 3.05) is 13.2 Å². The zero-order valence-corrected chi connectivity index (χ0v) is 41.6. The molecule has 0 aliphatic heterocycles. The Hall–Kier alpha value is -7.36. The molecular formula is C62H70N4O5. The average Bonchev–Trinajstić information content (AvgIpc) is 3.99. The molecule has 0 saturated carbocycles. The molecule has 0 aliphatic rings. The van der Waals surface area contributed by atoms with Crippen molar-refractivity contribution in [3.8, 4) is 67.3 Å². The minimum absolute atomic E-state index is 0. The highest BCUT2D eigenvalue weighted by atomic mass is 16.5. The van der Waals surface area contributed by atoms with Crippen LogP contribution in [0.15, 0.2) is 182 Å². The second kappa shape index (κ2) is 29.0. The molecule has 9 heteroatoms. The van der Waals surface area contributed by atoms with E-state index in [0.717, 1.165) is 111 Å². The third kappa shape index (κ3) is 15.3. The summed E-state index contributed by atoms with van der Waals surface area (Å²) in [6.07, 6.45) is 11.5. The number of hydrogen-bond donors (Lipinski definition) is 0. The van der Waals surface area contributed by atoms with Crippen molar-refractivity contribution >= 4 is 11.9 Å². The van der Waals surface area contributed by atoms with E-state index in [4.69, 9.17) is 19.7 Å². The summed E-state index contributed by atoms with van der Waals surface area (Å²) >= 11 is 0. The maximum absolute atomic E-state index is 11.5. The molecule has 0 radical (unpaired) electrons. The zero-order chi connectivity index (χ0) is 48.6. The van der Waals surface area contributed by atoms with E-state index in [1.165, 1.54) is 33.4 Å². The monoisotopic (exact) mass is 951 g/mol. The van der Waals surface area contributed by atoms with Gasteiger partial charge in [0.2, 0.25) is 0 Å². The molecule has 0 atom stereocenters. The second-order valence-electron chi connectivity index (χ2n) is 17.4. The van der Waals surface area contributed by atoms with Crippen LogP contribution in [-0.2, 0) is 32.2 Å². The van der Waals surface area contributed by atoms with Gasteiger partial charge in [-0.15, -0.1) is 0 Å². The third-order valence-electron chi connectivity index (χ3n) is 12.3. The van der Waals surface area contributed by atoms with Gasteiger partial charge >= 0.3 is 11.9 Å². The van der Waals surface area contributed by atoms with E-state index in [9.17, 15) is 9.59 Å². The Morgan fingerprint density at radius 1 is 0.366 bits per heavy atom. The van der Waals surface area contributed by atoms with E-state index in [1.807, 2.05) is 26.0 Å². The predicted octanol–water partition coefficient (Wildman–Crippen LogP) is 14.8. The molecule has 0 spiro atoms. The second-order valence-corrected chi connectivity index (χ2v) is 17.4. The van der Waals surface area contributed by atoms with Gasteiger partial charge in [-0.25, -0.2) is 0 Å². The Morgan fingerprint density at radius 2 is 0.634 bits per heavy atom. The van der Waals surface area contributed by atoms with Gasteiger partial charge in [0.1, 0.15) is 11.4 Å². The molecule has 2 aromatic heterocycles. The Bertz CT molecular complexity index is 2570. The van der Waals surface area contributed by atoms with Crippen LogP contribution in [0.4, 0.5) is 0 Å². The lowest BCUT2D eigenvalue weighted by atomic mass is 9.96. The topological polar surface area (TPSA) is 120 Å². The molecule has 71 heavy (non-hydrogen) atoms. The van der Waals surface area contributed by atoms with Crippen LogP contribution in [-0.4, -0.2) is 50.2 Å². The van der Waals surface area contributed by atoms with Crippen molar-refractivity contribution in [2.24, 2.45) is 0 Å². The van der Waals surface area contributed by atoms with Gasteiger partial charge in [0, 0.05) is 59.3 Å². The molecule has 9 nitrogen and oxygen atoms in total. The van der Waals surface area contributed by atoms with E-state index >= 15 is 0 Å². The van der Waals surface area contributed by atoms with Gasteiger partial charge in [0.15, 0.2) is 0 Å². The Balaban J connectivity index is 0.000000229. The van der Waals surface area contributed by atoms with Crippen LogP contribution in [0, 0.1) is 0 Å². The summed E-state index contributed by atoms with van der Waals surface area (Å²) in [4.78, 5) is 23.0. The molecular weight excluding hydrogens is 881 g/mol. The van der Waals surface area contributed by atoms with E-state index < -0.39 is 0 Å². The first-order chi connectivity index (χ1) is 34.6. The summed E-state index contributed by atoms with van der Waals surface area (Å²) in [5.74, 6) is -0.170. The van der Waals surface area contributed by atoms with Gasteiger partial charge in [0.25, 0.3) is 0 Å². The first-order valence-corrected chi connectivity index (χ1v) is 25.4. The number of nitrogens with zero attached hydrogens (tertiary/aromatic N) is 4. The van der Waals surface area contributed by atoms with Gasteiger partial charge in [-0.2, -0.15) is 10.2 Å². The van der Waals surface area contributed by atoms with E-state index in [2.05, 4.69) is 179 Å². The van der Waals surface area contributed by atoms with Crippen LogP contribution < -0.4 is 0 Å². The Morgan fingerprint density at radius 3 is 0.944 bits per heavy atom. The number of aryl methyl sites for hydroxylation is 2. The van der Waals surface area contributed by atoms with Gasteiger partial charge in [0.05, 0.1) is 24.6 Å².